The molecule has 0 atom stereocenters. The van der Waals surface area contributed by atoms with E-state index in [1.807, 2.05) is 0 Å². The maximum absolute atomic E-state index is 12.4. The van der Waals surface area contributed by atoms with Gasteiger partial charge in [0.25, 0.3) is 10.0 Å². The van der Waals surface area contributed by atoms with Gasteiger partial charge in [0.15, 0.2) is 0 Å². The summed E-state index contributed by atoms with van der Waals surface area (Å²) in [5.74, 6) is 0.652. The first-order valence-electron chi connectivity index (χ1n) is 7.52. The van der Waals surface area contributed by atoms with Crippen LogP contribution in [0, 0.1) is 0 Å². The molecule has 1 heterocycles. The Balaban J connectivity index is 2.10. The number of rotatable bonds is 8. The molecule has 2 aromatic rings. The van der Waals surface area contributed by atoms with Crippen molar-refractivity contribution in [3.8, 4) is 5.75 Å². The highest BCUT2D eigenvalue weighted by atomic mass is 35.5. The molecular formula is C16H20ClN3O3S. The average Bonchev–Trinajstić information content (AvgIpc) is 2.56. The zero-order valence-electron chi connectivity index (χ0n) is 13.5. The summed E-state index contributed by atoms with van der Waals surface area (Å²) in [6.45, 7) is 2.97. The molecule has 1 aromatic carbocycles. The molecule has 0 aliphatic rings. The predicted molar refractivity (Wildman–Crippen MR) is 96.4 cm³/mol. The first-order valence-corrected chi connectivity index (χ1v) is 9.38. The minimum Gasteiger partial charge on any atom is -0.495 e. The van der Waals surface area contributed by atoms with Gasteiger partial charge in [-0.25, -0.2) is 13.4 Å². The van der Waals surface area contributed by atoms with Gasteiger partial charge in [0, 0.05) is 6.54 Å². The van der Waals surface area contributed by atoms with Gasteiger partial charge in [-0.2, -0.15) is 0 Å². The number of sulfonamides is 1. The summed E-state index contributed by atoms with van der Waals surface area (Å²) >= 11 is 5.98. The van der Waals surface area contributed by atoms with E-state index in [1.165, 1.54) is 25.3 Å². The number of methoxy groups -OCH3 is 1. The van der Waals surface area contributed by atoms with Gasteiger partial charge in [-0.3, -0.25) is 4.72 Å². The lowest BCUT2D eigenvalue weighted by Crippen LogP contribution is -2.14. The molecule has 130 valence electrons. The van der Waals surface area contributed by atoms with Gasteiger partial charge in [-0.1, -0.05) is 24.9 Å². The molecule has 0 aliphatic carbocycles. The normalized spacial score (nSPS) is 11.1. The first kappa shape index (κ1) is 18.4. The van der Waals surface area contributed by atoms with Crippen LogP contribution in [0.15, 0.2) is 41.4 Å². The summed E-state index contributed by atoms with van der Waals surface area (Å²) in [7, 11) is -2.30. The van der Waals surface area contributed by atoms with Gasteiger partial charge in [0.1, 0.15) is 11.6 Å². The second-order valence-electron chi connectivity index (χ2n) is 5.11. The molecule has 0 bridgehead atoms. The number of nitrogens with one attached hydrogen (secondary N) is 2. The summed E-state index contributed by atoms with van der Waals surface area (Å²) in [5.41, 5.74) is 0.846. The van der Waals surface area contributed by atoms with Gasteiger partial charge in [-0.05, 0) is 36.8 Å². The van der Waals surface area contributed by atoms with E-state index in [0.29, 0.717) is 5.75 Å². The maximum Gasteiger partial charge on any atom is 0.263 e. The number of anilines is 2. The van der Waals surface area contributed by atoms with Gasteiger partial charge >= 0.3 is 0 Å². The molecule has 24 heavy (non-hydrogen) atoms. The summed E-state index contributed by atoms with van der Waals surface area (Å²) in [6, 6.07) is 7.65. The van der Waals surface area contributed by atoms with Gasteiger partial charge < -0.3 is 10.1 Å². The highest BCUT2D eigenvalue weighted by molar-refractivity contribution is 7.92. The second-order valence-corrected chi connectivity index (χ2v) is 7.20. The molecule has 0 amide bonds. The van der Waals surface area contributed by atoms with E-state index >= 15 is 0 Å². The van der Waals surface area contributed by atoms with Gasteiger partial charge in [0.2, 0.25) is 0 Å². The van der Waals surface area contributed by atoms with Crippen molar-refractivity contribution in [1.82, 2.24) is 4.98 Å². The lowest BCUT2D eigenvalue weighted by atomic mass is 10.3. The Hall–Kier alpha value is -1.99. The summed E-state index contributed by atoms with van der Waals surface area (Å²) < 4.78 is 32.2. The van der Waals surface area contributed by atoms with E-state index in [0.717, 1.165) is 25.1 Å². The van der Waals surface area contributed by atoms with Crippen molar-refractivity contribution >= 4 is 33.1 Å². The standard InChI is InChI=1S/C16H20ClN3O3S/c1-3-4-9-18-12-5-8-16(19-11-12)20-24(21,22)13-6-7-15(23-2)14(17)10-13/h5-8,10-11,18H,3-4,9H2,1-2H3,(H,19,20). The lowest BCUT2D eigenvalue weighted by molar-refractivity contribution is 0.414. The number of benzene rings is 1. The van der Waals surface area contributed by atoms with Crippen molar-refractivity contribution in [3.05, 3.63) is 41.6 Å². The largest absolute Gasteiger partial charge is 0.495 e. The van der Waals surface area contributed by atoms with Gasteiger partial charge in [-0.15, -0.1) is 0 Å². The molecular weight excluding hydrogens is 350 g/mol. The molecule has 0 radical (unpaired) electrons. The first-order chi connectivity index (χ1) is 11.5. The third-order valence-corrected chi connectivity index (χ3v) is 4.94. The maximum atomic E-state index is 12.4. The van der Waals surface area contributed by atoms with E-state index < -0.39 is 10.0 Å². The topological polar surface area (TPSA) is 80.3 Å². The fraction of sp³-hybridized carbons (Fsp3) is 0.312. The molecule has 1 aromatic heterocycles. The molecule has 2 N–H and O–H groups in total. The molecule has 2 rings (SSSR count). The monoisotopic (exact) mass is 369 g/mol. The number of nitrogens with zero attached hydrogens (tertiary/aromatic N) is 1. The molecule has 6 nitrogen and oxygen atoms in total. The van der Waals surface area contributed by atoms with Crippen molar-refractivity contribution in [2.45, 2.75) is 24.7 Å². The number of ether oxygens (including phenoxy) is 1. The van der Waals surface area contributed by atoms with Crippen LogP contribution in [-0.2, 0) is 10.0 Å². The van der Waals surface area contributed by atoms with E-state index in [9.17, 15) is 8.42 Å². The fourth-order valence-electron chi connectivity index (χ4n) is 1.98. The van der Waals surface area contributed by atoms with Crippen molar-refractivity contribution in [1.29, 1.82) is 0 Å². The number of hydrogen-bond donors (Lipinski definition) is 2. The van der Waals surface area contributed by atoms with Crippen molar-refractivity contribution < 1.29 is 13.2 Å². The number of pyridine rings is 1. The Morgan fingerprint density at radius 2 is 2.04 bits per heavy atom. The minimum absolute atomic E-state index is 0.0419. The average molecular weight is 370 g/mol. The highest BCUT2D eigenvalue weighted by Gasteiger charge is 2.16. The summed E-state index contributed by atoms with van der Waals surface area (Å²) in [6.07, 6.45) is 3.75. The van der Waals surface area contributed by atoms with Crippen LogP contribution in [0.3, 0.4) is 0 Å². The molecule has 0 saturated carbocycles. The molecule has 8 heteroatoms. The van der Waals surface area contributed by atoms with Crippen LogP contribution in [-0.4, -0.2) is 27.1 Å². The Morgan fingerprint density at radius 3 is 2.62 bits per heavy atom. The fourth-order valence-corrected chi connectivity index (χ4v) is 3.34. The number of hydrogen-bond acceptors (Lipinski definition) is 5. The van der Waals surface area contributed by atoms with E-state index in [2.05, 4.69) is 21.9 Å². The van der Waals surface area contributed by atoms with Crippen LogP contribution in [0.1, 0.15) is 19.8 Å². The summed E-state index contributed by atoms with van der Waals surface area (Å²) in [5, 5.41) is 3.44. The minimum atomic E-state index is -3.77. The molecule has 0 spiro atoms. The second kappa shape index (κ2) is 8.21. The quantitative estimate of drug-likeness (QED) is 0.692. The predicted octanol–water partition coefficient (Wildman–Crippen LogP) is 3.76. The van der Waals surface area contributed by atoms with Crippen molar-refractivity contribution in [3.63, 3.8) is 0 Å². The van der Waals surface area contributed by atoms with Crippen LogP contribution in [0.25, 0.3) is 0 Å². The van der Waals surface area contributed by atoms with Crippen molar-refractivity contribution in [2.75, 3.05) is 23.7 Å². The summed E-state index contributed by atoms with van der Waals surface area (Å²) in [4.78, 5) is 4.16. The van der Waals surface area contributed by atoms with Crippen molar-refractivity contribution in [2.24, 2.45) is 0 Å². The SMILES string of the molecule is CCCCNc1ccc(NS(=O)(=O)c2ccc(OC)c(Cl)c2)nc1. The Morgan fingerprint density at radius 1 is 1.25 bits per heavy atom. The molecule has 0 aliphatic heterocycles. The van der Waals surface area contributed by atoms with Crippen LogP contribution < -0.4 is 14.8 Å². The Kier molecular flexibility index (Phi) is 6.28. The third-order valence-electron chi connectivity index (χ3n) is 3.30. The molecule has 0 fully saturated rings. The van der Waals surface area contributed by atoms with E-state index in [-0.39, 0.29) is 15.7 Å². The molecule has 0 saturated heterocycles. The Bertz CT molecular complexity index is 780. The zero-order valence-corrected chi connectivity index (χ0v) is 15.1. The third kappa shape index (κ3) is 4.75. The number of halogens is 1. The van der Waals surface area contributed by atoms with Crippen LogP contribution in [0.4, 0.5) is 11.5 Å². The smallest absolute Gasteiger partial charge is 0.263 e. The number of unbranched alkanes of at least 4 members (excludes halogenated alkanes) is 1. The van der Waals surface area contributed by atoms with Gasteiger partial charge in [0.05, 0.1) is 28.9 Å². The van der Waals surface area contributed by atoms with E-state index in [1.54, 1.807) is 18.3 Å². The Labute approximate surface area is 147 Å². The zero-order chi connectivity index (χ0) is 17.6. The van der Waals surface area contributed by atoms with E-state index in [4.69, 9.17) is 16.3 Å². The molecule has 0 unspecified atom stereocenters. The number of aromatic nitrogens is 1. The lowest BCUT2D eigenvalue weighted by Gasteiger charge is -2.10. The van der Waals surface area contributed by atoms with Crippen LogP contribution in [0.5, 0.6) is 5.75 Å². The highest BCUT2D eigenvalue weighted by Crippen LogP contribution is 2.27. The van der Waals surface area contributed by atoms with Crippen LogP contribution >= 0.6 is 11.6 Å². The van der Waals surface area contributed by atoms with Crippen LogP contribution in [0.2, 0.25) is 5.02 Å².